The molecular formula is C6H12ClNO2S. The fraction of sp³-hybridized carbons (Fsp3) is 0.667. The van der Waals surface area contributed by atoms with Gasteiger partial charge in [0.1, 0.15) is 0 Å². The van der Waals surface area contributed by atoms with Crippen molar-refractivity contribution in [1.82, 2.24) is 4.90 Å². The van der Waals surface area contributed by atoms with Crippen LogP contribution in [0.2, 0.25) is 0 Å². The molecule has 0 atom stereocenters. The average Bonchev–Trinajstić information content (AvgIpc) is 1.53. The third-order valence-electron chi connectivity index (χ3n) is 0.916. The van der Waals surface area contributed by atoms with Gasteiger partial charge in [0.2, 0.25) is 9.05 Å². The van der Waals surface area contributed by atoms with Crippen LogP contribution in [-0.4, -0.2) is 39.7 Å². The van der Waals surface area contributed by atoms with Crippen molar-refractivity contribution in [1.29, 1.82) is 0 Å². The molecule has 0 aliphatic heterocycles. The predicted molar refractivity (Wildman–Crippen MR) is 47.3 cm³/mol. The summed E-state index contributed by atoms with van der Waals surface area (Å²) >= 11 is 0. The van der Waals surface area contributed by atoms with Crippen LogP contribution < -0.4 is 0 Å². The highest BCUT2D eigenvalue weighted by molar-refractivity contribution is 8.13. The molecule has 0 unspecified atom stereocenters. The second-order valence-corrected chi connectivity index (χ2v) is 5.45. The Kier molecular flexibility index (Phi) is 4.07. The predicted octanol–water partition coefficient (Wildman–Crippen LogP) is 0.673. The van der Waals surface area contributed by atoms with Gasteiger partial charge in [0.25, 0.3) is 0 Å². The van der Waals surface area contributed by atoms with E-state index in [0.29, 0.717) is 12.1 Å². The van der Waals surface area contributed by atoms with E-state index in [-0.39, 0.29) is 5.75 Å². The minimum Gasteiger partial charge on any atom is -0.305 e. The lowest BCUT2D eigenvalue weighted by atomic mass is 10.3. The summed E-state index contributed by atoms with van der Waals surface area (Å²) in [4.78, 5) is 1.84. The Bertz CT molecular complexity index is 233. The van der Waals surface area contributed by atoms with E-state index in [2.05, 4.69) is 6.58 Å². The van der Waals surface area contributed by atoms with Crippen molar-refractivity contribution in [2.75, 3.05) is 26.4 Å². The maximum atomic E-state index is 10.5. The first kappa shape index (κ1) is 10.9. The minimum absolute atomic E-state index is 0.146. The normalized spacial score (nSPS) is 12.0. The van der Waals surface area contributed by atoms with E-state index in [1.807, 2.05) is 19.0 Å². The average molecular weight is 198 g/mol. The summed E-state index contributed by atoms with van der Waals surface area (Å²) in [6.45, 7) is 4.12. The Balaban J connectivity index is 3.91. The zero-order chi connectivity index (χ0) is 9.07. The van der Waals surface area contributed by atoms with Gasteiger partial charge in [-0.3, -0.25) is 0 Å². The molecule has 0 spiro atoms. The molecule has 0 rings (SSSR count). The minimum atomic E-state index is -3.42. The smallest absolute Gasteiger partial charge is 0.236 e. The third kappa shape index (κ3) is 7.84. The van der Waals surface area contributed by atoms with Gasteiger partial charge >= 0.3 is 0 Å². The Morgan fingerprint density at radius 1 is 1.55 bits per heavy atom. The number of halogens is 1. The van der Waals surface area contributed by atoms with Crippen LogP contribution in [0.4, 0.5) is 0 Å². The molecule has 66 valence electrons. The van der Waals surface area contributed by atoms with Crippen molar-refractivity contribution < 1.29 is 8.42 Å². The van der Waals surface area contributed by atoms with E-state index in [1.54, 1.807) is 0 Å². The summed E-state index contributed by atoms with van der Waals surface area (Å²) in [5, 5.41) is 0. The van der Waals surface area contributed by atoms with Gasteiger partial charge < -0.3 is 4.90 Å². The lowest BCUT2D eigenvalue weighted by molar-refractivity contribution is 0.446. The van der Waals surface area contributed by atoms with E-state index in [1.165, 1.54) is 0 Å². The maximum absolute atomic E-state index is 10.5. The van der Waals surface area contributed by atoms with Gasteiger partial charge in [0.05, 0.1) is 5.75 Å². The van der Waals surface area contributed by atoms with Crippen LogP contribution in [0.5, 0.6) is 0 Å². The highest BCUT2D eigenvalue weighted by atomic mass is 35.7. The number of rotatable bonds is 4. The maximum Gasteiger partial charge on any atom is 0.236 e. The molecule has 0 fully saturated rings. The monoisotopic (exact) mass is 197 g/mol. The van der Waals surface area contributed by atoms with Gasteiger partial charge in [0.15, 0.2) is 0 Å². The molecule has 0 aliphatic carbocycles. The Labute approximate surface area is 72.1 Å². The summed E-state index contributed by atoms with van der Waals surface area (Å²) in [6.07, 6.45) is 0. The number of hydrogen-bond donors (Lipinski definition) is 0. The van der Waals surface area contributed by atoms with Crippen LogP contribution >= 0.6 is 10.7 Å². The van der Waals surface area contributed by atoms with Crippen LogP contribution in [0, 0.1) is 0 Å². The molecule has 5 heteroatoms. The molecule has 11 heavy (non-hydrogen) atoms. The highest BCUT2D eigenvalue weighted by Gasteiger charge is 2.07. The molecule has 0 aromatic heterocycles. The van der Waals surface area contributed by atoms with Crippen molar-refractivity contribution in [3.05, 3.63) is 12.2 Å². The number of nitrogens with zero attached hydrogens (tertiary/aromatic N) is 1. The van der Waals surface area contributed by atoms with Crippen molar-refractivity contribution >= 4 is 19.7 Å². The number of likely N-dealkylation sites (N-methyl/N-ethyl adjacent to an activating group) is 1. The molecule has 0 aromatic carbocycles. The van der Waals surface area contributed by atoms with Crippen molar-refractivity contribution in [3.8, 4) is 0 Å². The molecule has 0 saturated carbocycles. The van der Waals surface area contributed by atoms with Gasteiger partial charge in [-0.2, -0.15) is 0 Å². The second-order valence-electron chi connectivity index (χ2n) is 2.67. The largest absolute Gasteiger partial charge is 0.305 e. The van der Waals surface area contributed by atoms with E-state index in [4.69, 9.17) is 10.7 Å². The van der Waals surface area contributed by atoms with E-state index < -0.39 is 9.05 Å². The first-order valence-corrected chi connectivity index (χ1v) is 5.53. The van der Waals surface area contributed by atoms with Crippen molar-refractivity contribution in [3.63, 3.8) is 0 Å². The molecule has 0 aromatic rings. The van der Waals surface area contributed by atoms with Gasteiger partial charge in [-0.05, 0) is 19.7 Å². The fourth-order valence-electron chi connectivity index (χ4n) is 0.737. The first-order valence-electron chi connectivity index (χ1n) is 3.05. The quantitative estimate of drug-likeness (QED) is 0.491. The molecule has 0 heterocycles. The van der Waals surface area contributed by atoms with Crippen LogP contribution in [0.15, 0.2) is 12.2 Å². The molecule has 3 nitrogen and oxygen atoms in total. The van der Waals surface area contributed by atoms with Gasteiger partial charge in [-0.1, -0.05) is 6.58 Å². The SMILES string of the molecule is C=C(CN(C)C)CS(=O)(=O)Cl. The van der Waals surface area contributed by atoms with Crippen LogP contribution in [-0.2, 0) is 9.05 Å². The Morgan fingerprint density at radius 2 is 2.00 bits per heavy atom. The topological polar surface area (TPSA) is 37.4 Å². The zero-order valence-corrected chi connectivity index (χ0v) is 8.24. The molecular weight excluding hydrogens is 186 g/mol. The van der Waals surface area contributed by atoms with Gasteiger partial charge in [0, 0.05) is 17.2 Å². The first-order chi connectivity index (χ1) is 4.81. The summed E-state index contributed by atoms with van der Waals surface area (Å²) < 4.78 is 21.0. The van der Waals surface area contributed by atoms with Crippen LogP contribution in [0.25, 0.3) is 0 Å². The fourth-order valence-corrected chi connectivity index (χ4v) is 1.78. The van der Waals surface area contributed by atoms with Crippen molar-refractivity contribution in [2.24, 2.45) is 0 Å². The summed E-state index contributed by atoms with van der Waals surface area (Å²) in [5.41, 5.74) is 0.602. The number of hydrogen-bond acceptors (Lipinski definition) is 3. The zero-order valence-electron chi connectivity index (χ0n) is 6.67. The second kappa shape index (κ2) is 4.09. The highest BCUT2D eigenvalue weighted by Crippen LogP contribution is 2.03. The molecule has 0 saturated heterocycles. The summed E-state index contributed by atoms with van der Waals surface area (Å²) in [7, 11) is 5.26. The molecule has 0 N–H and O–H groups in total. The lowest BCUT2D eigenvalue weighted by Crippen LogP contribution is -2.17. The summed E-state index contributed by atoms with van der Waals surface area (Å²) in [5.74, 6) is -0.146. The van der Waals surface area contributed by atoms with E-state index >= 15 is 0 Å². The van der Waals surface area contributed by atoms with E-state index in [9.17, 15) is 8.42 Å². The lowest BCUT2D eigenvalue weighted by Gasteiger charge is -2.09. The van der Waals surface area contributed by atoms with Crippen LogP contribution in [0.1, 0.15) is 0 Å². The molecule has 0 bridgehead atoms. The van der Waals surface area contributed by atoms with E-state index in [0.717, 1.165) is 0 Å². The van der Waals surface area contributed by atoms with Crippen molar-refractivity contribution in [2.45, 2.75) is 0 Å². The molecule has 0 amide bonds. The Hall–Kier alpha value is -0.0600. The third-order valence-corrected chi connectivity index (χ3v) is 2.00. The van der Waals surface area contributed by atoms with Gasteiger partial charge in [-0.25, -0.2) is 8.42 Å². The van der Waals surface area contributed by atoms with Gasteiger partial charge in [-0.15, -0.1) is 0 Å². The Morgan fingerprint density at radius 3 is 2.27 bits per heavy atom. The molecule has 0 aliphatic rings. The van der Waals surface area contributed by atoms with Crippen LogP contribution in [0.3, 0.4) is 0 Å². The standard InChI is InChI=1S/C6H12ClNO2S/c1-6(4-8(2)3)5-11(7,9)10/h1,4-5H2,2-3H3. The molecule has 0 radical (unpaired) electrons. The summed E-state index contributed by atoms with van der Waals surface area (Å²) in [6, 6.07) is 0.